The van der Waals surface area contributed by atoms with Gasteiger partial charge in [0.25, 0.3) is 0 Å². The molecule has 0 spiro atoms. The third-order valence-electron chi connectivity index (χ3n) is 6.19. The van der Waals surface area contributed by atoms with E-state index in [1.165, 1.54) is 37.7 Å². The van der Waals surface area contributed by atoms with Crippen molar-refractivity contribution in [3.63, 3.8) is 0 Å². The van der Waals surface area contributed by atoms with Crippen molar-refractivity contribution in [3.05, 3.63) is 46.8 Å². The summed E-state index contributed by atoms with van der Waals surface area (Å²) >= 11 is 0. The van der Waals surface area contributed by atoms with E-state index >= 15 is 0 Å². The molecule has 0 radical (unpaired) electrons. The van der Waals surface area contributed by atoms with Gasteiger partial charge < -0.3 is 4.52 Å². The molecule has 1 atom stereocenters. The summed E-state index contributed by atoms with van der Waals surface area (Å²) in [6.45, 7) is 4.28. The Morgan fingerprint density at radius 3 is 2.33 bits per heavy atom. The molecule has 0 bridgehead atoms. The summed E-state index contributed by atoms with van der Waals surface area (Å²) < 4.78 is 33.6. The van der Waals surface area contributed by atoms with Crippen molar-refractivity contribution in [1.29, 1.82) is 0 Å². The molecule has 2 aliphatic rings. The van der Waals surface area contributed by atoms with Gasteiger partial charge >= 0.3 is 0 Å². The van der Waals surface area contributed by atoms with Gasteiger partial charge in [-0.25, -0.2) is 8.42 Å². The van der Waals surface area contributed by atoms with Gasteiger partial charge in [0.2, 0.25) is 10.0 Å². The van der Waals surface area contributed by atoms with E-state index in [1.807, 2.05) is 26.0 Å². The van der Waals surface area contributed by atoms with E-state index in [2.05, 4.69) is 5.16 Å². The molecule has 5 nitrogen and oxygen atoms in total. The molecular formula is C21H28N2O3S. The maximum Gasteiger partial charge on any atom is 0.243 e. The first-order chi connectivity index (χ1) is 13.0. The second-order valence-corrected chi connectivity index (χ2v) is 9.81. The largest absolute Gasteiger partial charge is 0.361 e. The Hall–Kier alpha value is -1.66. The number of sulfonamides is 1. The summed E-state index contributed by atoms with van der Waals surface area (Å²) in [5.41, 5.74) is 2.99. The molecule has 4 rings (SSSR count). The molecule has 27 heavy (non-hydrogen) atoms. The van der Waals surface area contributed by atoms with Crippen LogP contribution in [0.25, 0.3) is 0 Å². The number of hydrogen-bond acceptors (Lipinski definition) is 4. The lowest BCUT2D eigenvalue weighted by atomic mass is 9.84. The molecule has 2 aromatic rings. The van der Waals surface area contributed by atoms with E-state index in [0.29, 0.717) is 23.1 Å². The van der Waals surface area contributed by atoms with Crippen LogP contribution in [0.15, 0.2) is 33.7 Å². The predicted molar refractivity (Wildman–Crippen MR) is 104 cm³/mol. The topological polar surface area (TPSA) is 63.4 Å². The second-order valence-electron chi connectivity index (χ2n) is 7.92. The molecule has 146 valence electrons. The summed E-state index contributed by atoms with van der Waals surface area (Å²) in [6.07, 6.45) is 7.96. The van der Waals surface area contributed by atoms with Crippen LogP contribution in [0, 0.1) is 13.8 Å². The first kappa shape index (κ1) is 18.7. The summed E-state index contributed by atoms with van der Waals surface area (Å²) in [7, 11) is -3.53. The molecule has 1 unspecified atom stereocenters. The number of benzene rings is 1. The molecule has 1 saturated heterocycles. The van der Waals surface area contributed by atoms with Crippen LogP contribution in [0.3, 0.4) is 0 Å². The maximum absolute atomic E-state index is 13.3. The monoisotopic (exact) mass is 388 g/mol. The van der Waals surface area contributed by atoms with Gasteiger partial charge in [-0.05, 0) is 63.1 Å². The highest BCUT2D eigenvalue weighted by Crippen LogP contribution is 2.39. The minimum Gasteiger partial charge on any atom is -0.361 e. The van der Waals surface area contributed by atoms with Gasteiger partial charge in [-0.1, -0.05) is 36.6 Å². The molecule has 6 heteroatoms. The van der Waals surface area contributed by atoms with Crippen LogP contribution < -0.4 is 0 Å². The van der Waals surface area contributed by atoms with Gasteiger partial charge in [-0.15, -0.1) is 0 Å². The Morgan fingerprint density at radius 1 is 1.00 bits per heavy atom. The molecular weight excluding hydrogens is 360 g/mol. The lowest BCUT2D eigenvalue weighted by Crippen LogP contribution is -2.31. The summed E-state index contributed by atoms with van der Waals surface area (Å²) in [5, 5.41) is 4.02. The number of aromatic nitrogens is 1. The highest BCUT2D eigenvalue weighted by Gasteiger charge is 2.38. The van der Waals surface area contributed by atoms with Gasteiger partial charge in [-0.3, -0.25) is 0 Å². The molecule has 2 heterocycles. The van der Waals surface area contributed by atoms with Gasteiger partial charge in [0.1, 0.15) is 5.76 Å². The highest BCUT2D eigenvalue weighted by atomic mass is 32.2. The number of hydrogen-bond donors (Lipinski definition) is 0. The fourth-order valence-corrected chi connectivity index (χ4v) is 6.43. The van der Waals surface area contributed by atoms with E-state index in [1.54, 1.807) is 16.4 Å². The molecule has 1 aromatic carbocycles. The average Bonchev–Trinajstić information content (AvgIpc) is 3.29. The van der Waals surface area contributed by atoms with Crippen molar-refractivity contribution in [2.45, 2.75) is 75.6 Å². The molecule has 2 fully saturated rings. The van der Waals surface area contributed by atoms with Crippen LogP contribution in [-0.4, -0.2) is 24.4 Å². The summed E-state index contributed by atoms with van der Waals surface area (Å²) in [5.74, 6) is 1.30. The smallest absolute Gasteiger partial charge is 0.243 e. The molecule has 1 aromatic heterocycles. The van der Waals surface area contributed by atoms with Gasteiger partial charge in [0, 0.05) is 12.1 Å². The fraction of sp³-hybridized carbons (Fsp3) is 0.571. The quantitative estimate of drug-likeness (QED) is 0.750. The minimum atomic E-state index is -3.53. The van der Waals surface area contributed by atoms with Crippen LogP contribution in [-0.2, 0) is 10.0 Å². The Bertz CT molecular complexity index is 877. The molecule has 1 aliphatic carbocycles. The van der Waals surface area contributed by atoms with Gasteiger partial charge in [-0.2, -0.15) is 4.31 Å². The van der Waals surface area contributed by atoms with E-state index < -0.39 is 10.0 Å². The van der Waals surface area contributed by atoms with E-state index in [4.69, 9.17) is 4.52 Å². The standard InChI is InChI=1S/C21H28N2O3S/c1-15-21(16(2)26-22-15)20-9-6-14-23(20)27(24,25)19-12-10-18(11-13-19)17-7-4-3-5-8-17/h10-13,17,20H,3-9,14H2,1-2H3. The second kappa shape index (κ2) is 7.40. The lowest BCUT2D eigenvalue weighted by Gasteiger charge is -2.25. The van der Waals surface area contributed by atoms with Crippen LogP contribution in [0.1, 0.15) is 79.5 Å². The fourth-order valence-electron chi connectivity index (χ4n) is 4.77. The number of nitrogens with zero attached hydrogens (tertiary/aromatic N) is 2. The van der Waals surface area contributed by atoms with E-state index in [-0.39, 0.29) is 6.04 Å². The number of aryl methyl sites for hydroxylation is 2. The van der Waals surface area contributed by atoms with E-state index in [0.717, 1.165) is 24.1 Å². The minimum absolute atomic E-state index is 0.181. The first-order valence-corrected chi connectivity index (χ1v) is 11.5. The predicted octanol–water partition coefficient (Wildman–Crippen LogP) is 4.86. The Balaban J connectivity index is 1.60. The van der Waals surface area contributed by atoms with Gasteiger partial charge in [0.05, 0.1) is 16.6 Å². The molecule has 1 aliphatic heterocycles. The SMILES string of the molecule is Cc1noc(C)c1C1CCCN1S(=O)(=O)c1ccc(C2CCCCC2)cc1. The highest BCUT2D eigenvalue weighted by molar-refractivity contribution is 7.89. The maximum atomic E-state index is 13.3. The van der Waals surface area contributed by atoms with Crippen LogP contribution in [0.5, 0.6) is 0 Å². The Morgan fingerprint density at radius 2 is 1.70 bits per heavy atom. The molecule has 1 saturated carbocycles. The van der Waals surface area contributed by atoms with Crippen molar-refractivity contribution in [3.8, 4) is 0 Å². The average molecular weight is 389 g/mol. The third kappa shape index (κ3) is 3.45. The zero-order chi connectivity index (χ0) is 19.0. The van der Waals surface area contributed by atoms with Crippen molar-refractivity contribution in [2.75, 3.05) is 6.54 Å². The summed E-state index contributed by atoms with van der Waals surface area (Å²) in [6, 6.07) is 7.44. The number of rotatable bonds is 4. The summed E-state index contributed by atoms with van der Waals surface area (Å²) in [4.78, 5) is 0.390. The van der Waals surface area contributed by atoms with Crippen molar-refractivity contribution < 1.29 is 12.9 Å². The van der Waals surface area contributed by atoms with Gasteiger partial charge in [0.15, 0.2) is 0 Å². The van der Waals surface area contributed by atoms with Crippen molar-refractivity contribution in [2.24, 2.45) is 0 Å². The normalized spacial score (nSPS) is 22.4. The third-order valence-corrected chi connectivity index (χ3v) is 8.11. The van der Waals surface area contributed by atoms with Crippen LogP contribution >= 0.6 is 0 Å². The Kier molecular flexibility index (Phi) is 5.12. The Labute approximate surface area is 161 Å². The molecule has 0 N–H and O–H groups in total. The van der Waals surface area contributed by atoms with E-state index in [9.17, 15) is 8.42 Å². The van der Waals surface area contributed by atoms with Crippen LogP contribution in [0.4, 0.5) is 0 Å². The van der Waals surface area contributed by atoms with Crippen LogP contribution in [0.2, 0.25) is 0 Å². The zero-order valence-corrected chi connectivity index (χ0v) is 17.0. The molecule has 0 amide bonds. The first-order valence-electron chi connectivity index (χ1n) is 10.0. The lowest BCUT2D eigenvalue weighted by molar-refractivity contribution is 0.376. The van der Waals surface area contributed by atoms with Crippen molar-refractivity contribution >= 4 is 10.0 Å². The zero-order valence-electron chi connectivity index (χ0n) is 16.1. The van der Waals surface area contributed by atoms with Crippen molar-refractivity contribution in [1.82, 2.24) is 9.46 Å².